The number of rotatable bonds is 0. The van der Waals surface area contributed by atoms with Crippen LogP contribution in [0.15, 0.2) is 0 Å². The van der Waals surface area contributed by atoms with Gasteiger partial charge in [-0.1, -0.05) is 39.0 Å². The molecule has 0 spiro atoms. The molecule has 0 aromatic heterocycles. The van der Waals surface area contributed by atoms with Gasteiger partial charge in [0.25, 0.3) is 0 Å². The largest absolute Gasteiger partial charge is 2.00 e. The zero-order chi connectivity index (χ0) is 6.04. The summed E-state index contributed by atoms with van der Waals surface area (Å²) in [5, 5.41) is 11.1. The molecule has 10 heavy (non-hydrogen) atoms. The molecule has 56 valence electrons. The summed E-state index contributed by atoms with van der Waals surface area (Å²) in [4.78, 5) is 0. The van der Waals surface area contributed by atoms with E-state index in [2.05, 4.69) is 0 Å². The van der Waals surface area contributed by atoms with Gasteiger partial charge in [-0.15, -0.1) is 5.60 Å². The summed E-state index contributed by atoms with van der Waals surface area (Å²) in [5.41, 5.74) is -0.571. The first-order valence-electron chi connectivity index (χ1n) is 3.41. The first kappa shape index (κ1) is 13.6. The molecule has 0 heterocycles. The molecule has 1 saturated carbocycles. The van der Waals surface area contributed by atoms with Gasteiger partial charge in [-0.2, -0.15) is 0 Å². The van der Waals surface area contributed by atoms with Gasteiger partial charge in [0, 0.05) is 0 Å². The van der Waals surface area contributed by atoms with Gasteiger partial charge in [0.15, 0.2) is 0 Å². The van der Waals surface area contributed by atoms with Gasteiger partial charge in [0.05, 0.1) is 0 Å². The van der Waals surface area contributed by atoms with Crippen molar-refractivity contribution in [3.63, 3.8) is 0 Å². The average molecular weight is 173 g/mol. The van der Waals surface area contributed by atoms with Crippen LogP contribution in [0.1, 0.15) is 39.0 Å². The maximum absolute atomic E-state index is 11.1. The molecule has 0 aliphatic heterocycles. The molecule has 1 aliphatic rings. The number of hydrogen-bond donors (Lipinski definition) is 0. The molecule has 3 heteroatoms. The van der Waals surface area contributed by atoms with Crippen LogP contribution in [0.3, 0.4) is 0 Å². The molecule has 0 N–H and O–H groups in total. The molecular weight excluding hydrogens is 160 g/mol. The summed E-state index contributed by atoms with van der Waals surface area (Å²) in [7, 11) is 0. The van der Waals surface area contributed by atoms with Gasteiger partial charge >= 0.3 is 23.1 Å². The maximum Gasteiger partial charge on any atom is 2.00 e. The minimum Gasteiger partial charge on any atom is -1.00 e. The third-order valence-electron chi connectivity index (χ3n) is 1.91. The van der Waals surface area contributed by atoms with Gasteiger partial charge in [0.1, 0.15) is 0 Å². The van der Waals surface area contributed by atoms with Crippen molar-refractivity contribution in [1.29, 1.82) is 0 Å². The predicted molar refractivity (Wildman–Crippen MR) is 37.2 cm³/mol. The van der Waals surface area contributed by atoms with E-state index in [1.807, 2.05) is 6.92 Å². The van der Waals surface area contributed by atoms with Crippen molar-refractivity contribution < 1.29 is 17.5 Å². The Bertz CT molecular complexity index is 77.7. The minimum atomic E-state index is -0.571. The Morgan fingerprint density at radius 2 is 1.50 bits per heavy atom. The van der Waals surface area contributed by atoms with Crippen molar-refractivity contribution in [3.8, 4) is 0 Å². The molecule has 0 aromatic rings. The number of halogens is 1. The standard InChI is InChI=1S/C7H13O.ClH.Mg/c1-7(8)5-3-2-4-6-7;;/h2-6H2,1H3;1H;/q-1;;+2/p-1. The van der Waals surface area contributed by atoms with Crippen molar-refractivity contribution >= 4 is 23.1 Å². The first-order valence-corrected chi connectivity index (χ1v) is 3.41. The fourth-order valence-electron chi connectivity index (χ4n) is 1.30. The van der Waals surface area contributed by atoms with Gasteiger partial charge in [0.2, 0.25) is 0 Å². The van der Waals surface area contributed by atoms with E-state index in [9.17, 15) is 5.11 Å². The van der Waals surface area contributed by atoms with Crippen LogP contribution in [-0.2, 0) is 0 Å². The molecule has 0 amide bonds. The quantitative estimate of drug-likeness (QED) is 0.377. The Morgan fingerprint density at radius 3 is 1.70 bits per heavy atom. The third kappa shape index (κ3) is 4.77. The van der Waals surface area contributed by atoms with Gasteiger partial charge in [-0.05, 0) is 0 Å². The van der Waals surface area contributed by atoms with Crippen LogP contribution in [0.25, 0.3) is 0 Å². The van der Waals surface area contributed by atoms with E-state index in [4.69, 9.17) is 0 Å². The summed E-state index contributed by atoms with van der Waals surface area (Å²) < 4.78 is 0. The molecule has 0 radical (unpaired) electrons. The van der Waals surface area contributed by atoms with Crippen molar-refractivity contribution in [2.75, 3.05) is 0 Å². The zero-order valence-electron chi connectivity index (χ0n) is 6.53. The summed E-state index contributed by atoms with van der Waals surface area (Å²) in [6.45, 7) is 1.83. The molecule has 0 bridgehead atoms. The van der Waals surface area contributed by atoms with E-state index >= 15 is 0 Å². The second-order valence-electron chi connectivity index (χ2n) is 3.01. The van der Waals surface area contributed by atoms with Crippen molar-refractivity contribution in [2.24, 2.45) is 0 Å². The normalized spacial score (nSPS) is 22.2. The monoisotopic (exact) mass is 172 g/mol. The molecule has 1 nitrogen and oxygen atoms in total. The first-order chi connectivity index (χ1) is 3.71. The van der Waals surface area contributed by atoms with E-state index in [1.54, 1.807) is 0 Å². The Hall–Kier alpha value is 1.02. The average Bonchev–Trinajstić information content (AvgIpc) is 1.65. The molecule has 0 atom stereocenters. The smallest absolute Gasteiger partial charge is 1.00 e. The van der Waals surface area contributed by atoms with Crippen LogP contribution >= 0.6 is 0 Å². The van der Waals surface area contributed by atoms with Gasteiger partial charge < -0.3 is 17.5 Å². The van der Waals surface area contributed by atoms with Gasteiger partial charge in [-0.25, -0.2) is 0 Å². The molecular formula is C7H13ClMgO. The molecule has 1 aliphatic carbocycles. The summed E-state index contributed by atoms with van der Waals surface area (Å²) >= 11 is 0. The molecule has 1 fully saturated rings. The maximum atomic E-state index is 11.1. The van der Waals surface area contributed by atoms with E-state index in [0.29, 0.717) is 0 Å². The van der Waals surface area contributed by atoms with E-state index in [-0.39, 0.29) is 35.5 Å². The summed E-state index contributed by atoms with van der Waals surface area (Å²) in [6.07, 6.45) is 5.37. The topological polar surface area (TPSA) is 23.1 Å². The Labute approximate surface area is 85.1 Å². The van der Waals surface area contributed by atoms with Crippen molar-refractivity contribution in [1.82, 2.24) is 0 Å². The number of hydrogen-bond acceptors (Lipinski definition) is 1. The molecule has 0 unspecified atom stereocenters. The molecule has 0 saturated heterocycles. The van der Waals surface area contributed by atoms with Crippen molar-refractivity contribution in [2.45, 2.75) is 44.6 Å². The second kappa shape index (κ2) is 5.64. The van der Waals surface area contributed by atoms with E-state index in [1.165, 1.54) is 6.42 Å². The van der Waals surface area contributed by atoms with Crippen molar-refractivity contribution in [3.05, 3.63) is 0 Å². The van der Waals surface area contributed by atoms with Crippen LogP contribution in [-0.4, -0.2) is 28.7 Å². The van der Waals surface area contributed by atoms with E-state index in [0.717, 1.165) is 25.7 Å². The Balaban J connectivity index is 0. The SMILES string of the molecule is CC1([O-])CCCCC1.[Cl-].[Mg+2]. The minimum absolute atomic E-state index is 0. The zero-order valence-corrected chi connectivity index (χ0v) is 8.70. The Kier molecular flexibility index (Phi) is 7.67. The summed E-state index contributed by atoms with van der Waals surface area (Å²) in [6, 6.07) is 0. The molecule has 0 aromatic carbocycles. The van der Waals surface area contributed by atoms with Crippen LogP contribution in [0.2, 0.25) is 0 Å². The molecule has 1 rings (SSSR count). The Morgan fingerprint density at radius 1 is 1.10 bits per heavy atom. The fourth-order valence-corrected chi connectivity index (χ4v) is 1.30. The van der Waals surface area contributed by atoms with Gasteiger partial charge in [-0.3, -0.25) is 0 Å². The second-order valence-corrected chi connectivity index (χ2v) is 3.01. The fraction of sp³-hybridized carbons (Fsp3) is 1.00. The predicted octanol–water partition coefficient (Wildman–Crippen LogP) is -2.31. The van der Waals surface area contributed by atoms with E-state index < -0.39 is 5.60 Å². The third-order valence-corrected chi connectivity index (χ3v) is 1.91. The van der Waals surface area contributed by atoms with Crippen LogP contribution in [0.5, 0.6) is 0 Å². The van der Waals surface area contributed by atoms with Crippen LogP contribution < -0.4 is 17.5 Å². The van der Waals surface area contributed by atoms with Crippen LogP contribution in [0, 0.1) is 0 Å². The summed E-state index contributed by atoms with van der Waals surface area (Å²) in [5.74, 6) is 0. The van der Waals surface area contributed by atoms with Crippen LogP contribution in [0.4, 0.5) is 0 Å².